The first-order valence-electron chi connectivity index (χ1n) is 8.11. The molecule has 3 heterocycles. The first kappa shape index (κ1) is 18.1. The summed E-state index contributed by atoms with van der Waals surface area (Å²) in [5.41, 5.74) is 0.725. The van der Waals surface area contributed by atoms with Gasteiger partial charge in [0.15, 0.2) is 5.76 Å². The van der Waals surface area contributed by atoms with E-state index >= 15 is 0 Å². The van der Waals surface area contributed by atoms with Crippen LogP contribution >= 0.6 is 11.3 Å². The number of piperazine rings is 1. The molecule has 26 heavy (non-hydrogen) atoms. The number of thiophene rings is 1. The Kier molecular flexibility index (Phi) is 5.64. The highest BCUT2D eigenvalue weighted by Crippen LogP contribution is 2.15. The predicted molar refractivity (Wildman–Crippen MR) is 94.4 cm³/mol. The lowest BCUT2D eigenvalue weighted by atomic mass is 10.2. The molecule has 1 fully saturated rings. The van der Waals surface area contributed by atoms with Gasteiger partial charge in [-0.05, 0) is 17.5 Å². The van der Waals surface area contributed by atoms with Crippen LogP contribution in [0, 0.1) is 10.1 Å². The Hall–Kier alpha value is -2.72. The molecule has 0 unspecified atom stereocenters. The SMILES string of the molecule is O=C(NCCN1CCN(C(=O)c2ccsc2)CC1)c1ccc([N+](=O)[O-])o1. The van der Waals surface area contributed by atoms with Crippen molar-refractivity contribution >= 4 is 29.0 Å². The fourth-order valence-electron chi connectivity index (χ4n) is 2.71. The molecule has 0 bridgehead atoms. The number of amides is 2. The van der Waals surface area contributed by atoms with Gasteiger partial charge in [-0.3, -0.25) is 24.6 Å². The smallest absolute Gasteiger partial charge is 0.395 e. The van der Waals surface area contributed by atoms with Crippen molar-refractivity contribution in [2.75, 3.05) is 39.3 Å². The molecule has 0 spiro atoms. The molecular formula is C16H18N4O5S. The number of rotatable bonds is 6. The number of nitro groups is 1. The zero-order chi connectivity index (χ0) is 18.5. The van der Waals surface area contributed by atoms with E-state index in [4.69, 9.17) is 4.42 Å². The van der Waals surface area contributed by atoms with Gasteiger partial charge in [0.05, 0.1) is 11.6 Å². The largest absolute Gasteiger partial charge is 0.433 e. The zero-order valence-corrected chi connectivity index (χ0v) is 14.7. The second-order valence-corrected chi connectivity index (χ2v) is 6.58. The Morgan fingerprint density at radius 1 is 1.23 bits per heavy atom. The molecule has 1 N–H and O–H groups in total. The van der Waals surface area contributed by atoms with Gasteiger partial charge in [-0.2, -0.15) is 11.3 Å². The van der Waals surface area contributed by atoms with Crippen molar-refractivity contribution in [3.63, 3.8) is 0 Å². The second kappa shape index (κ2) is 8.11. The van der Waals surface area contributed by atoms with E-state index in [2.05, 4.69) is 10.2 Å². The van der Waals surface area contributed by atoms with E-state index in [1.165, 1.54) is 17.4 Å². The van der Waals surface area contributed by atoms with Crippen molar-refractivity contribution in [3.05, 3.63) is 50.4 Å². The van der Waals surface area contributed by atoms with Crippen LogP contribution < -0.4 is 5.32 Å². The summed E-state index contributed by atoms with van der Waals surface area (Å²) in [6.45, 7) is 3.79. The number of carbonyl (C=O) groups is 2. The van der Waals surface area contributed by atoms with Crippen LogP contribution in [0.2, 0.25) is 0 Å². The highest BCUT2D eigenvalue weighted by Gasteiger charge is 2.22. The molecule has 0 saturated carbocycles. The van der Waals surface area contributed by atoms with Crippen LogP contribution in [0.3, 0.4) is 0 Å². The zero-order valence-electron chi connectivity index (χ0n) is 13.9. The maximum absolute atomic E-state index is 12.3. The fraction of sp³-hybridized carbons (Fsp3) is 0.375. The number of nitrogens with zero attached hydrogens (tertiary/aromatic N) is 3. The number of hydrogen-bond acceptors (Lipinski definition) is 7. The Balaban J connectivity index is 1.39. The van der Waals surface area contributed by atoms with Gasteiger partial charge in [-0.25, -0.2) is 0 Å². The number of carbonyl (C=O) groups excluding carboxylic acids is 2. The monoisotopic (exact) mass is 378 g/mol. The van der Waals surface area contributed by atoms with Crippen LogP contribution in [0.25, 0.3) is 0 Å². The molecule has 138 valence electrons. The quantitative estimate of drug-likeness (QED) is 0.602. The average Bonchev–Trinajstić information content (AvgIpc) is 3.33. The van der Waals surface area contributed by atoms with E-state index < -0.39 is 16.7 Å². The molecular weight excluding hydrogens is 360 g/mol. The van der Waals surface area contributed by atoms with Gasteiger partial charge < -0.3 is 14.6 Å². The lowest BCUT2D eigenvalue weighted by molar-refractivity contribution is -0.402. The Morgan fingerprint density at radius 2 is 2.00 bits per heavy atom. The molecule has 2 aromatic rings. The molecule has 3 rings (SSSR count). The van der Waals surface area contributed by atoms with Crippen molar-refractivity contribution in [1.29, 1.82) is 0 Å². The standard InChI is InChI=1S/C16H18N4O5S/c21-15(13-1-2-14(25-13)20(23)24)17-4-5-18-6-8-19(9-7-18)16(22)12-3-10-26-11-12/h1-3,10-11H,4-9H2,(H,17,21). The van der Waals surface area contributed by atoms with Gasteiger partial charge in [-0.1, -0.05) is 0 Å². The summed E-state index contributed by atoms with van der Waals surface area (Å²) >= 11 is 1.50. The number of hydrogen-bond donors (Lipinski definition) is 1. The highest BCUT2D eigenvalue weighted by atomic mass is 32.1. The third-order valence-electron chi connectivity index (χ3n) is 4.14. The van der Waals surface area contributed by atoms with Crippen LogP contribution in [-0.4, -0.2) is 65.8 Å². The van der Waals surface area contributed by atoms with Gasteiger partial charge in [0, 0.05) is 44.6 Å². The summed E-state index contributed by atoms with van der Waals surface area (Å²) in [7, 11) is 0. The highest BCUT2D eigenvalue weighted by molar-refractivity contribution is 7.08. The first-order chi connectivity index (χ1) is 12.5. The van der Waals surface area contributed by atoms with Crippen LogP contribution in [-0.2, 0) is 0 Å². The fourth-order valence-corrected chi connectivity index (χ4v) is 3.34. The summed E-state index contributed by atoms with van der Waals surface area (Å²) < 4.78 is 4.86. The summed E-state index contributed by atoms with van der Waals surface area (Å²) in [5.74, 6) is -0.965. The normalized spacial score (nSPS) is 15.0. The molecule has 1 aliphatic heterocycles. The Bertz CT molecular complexity index is 780. The number of nitrogens with one attached hydrogen (secondary N) is 1. The minimum atomic E-state index is -0.687. The van der Waals surface area contributed by atoms with Crippen LogP contribution in [0.4, 0.5) is 5.88 Å². The average molecular weight is 378 g/mol. The molecule has 9 nitrogen and oxygen atoms in total. The molecule has 1 aliphatic rings. The molecule has 2 aromatic heterocycles. The number of furan rings is 1. The van der Waals surface area contributed by atoms with Crippen LogP contribution in [0.1, 0.15) is 20.9 Å². The van der Waals surface area contributed by atoms with Gasteiger partial charge in [0.25, 0.3) is 11.8 Å². The predicted octanol–water partition coefficient (Wildman–Crippen LogP) is 1.44. The van der Waals surface area contributed by atoms with Crippen molar-refractivity contribution in [3.8, 4) is 0 Å². The van der Waals surface area contributed by atoms with Gasteiger partial charge >= 0.3 is 5.88 Å². The maximum Gasteiger partial charge on any atom is 0.433 e. The first-order valence-corrected chi connectivity index (χ1v) is 9.05. The van der Waals surface area contributed by atoms with Crippen LogP contribution in [0.5, 0.6) is 0 Å². The minimum Gasteiger partial charge on any atom is -0.395 e. The van der Waals surface area contributed by atoms with E-state index in [1.807, 2.05) is 21.7 Å². The third-order valence-corrected chi connectivity index (χ3v) is 4.82. The molecule has 0 aliphatic carbocycles. The topological polar surface area (TPSA) is 109 Å². The van der Waals surface area contributed by atoms with E-state index in [9.17, 15) is 19.7 Å². The summed E-state index contributed by atoms with van der Waals surface area (Å²) in [6.07, 6.45) is 0. The molecule has 0 radical (unpaired) electrons. The minimum absolute atomic E-state index is 0.0543. The van der Waals surface area contributed by atoms with Gasteiger partial charge in [0.2, 0.25) is 0 Å². The molecule has 10 heteroatoms. The van der Waals surface area contributed by atoms with Crippen LogP contribution in [0.15, 0.2) is 33.4 Å². The lowest BCUT2D eigenvalue weighted by Crippen LogP contribution is -2.50. The van der Waals surface area contributed by atoms with Crippen molar-refractivity contribution in [1.82, 2.24) is 15.1 Å². The molecule has 1 saturated heterocycles. The maximum atomic E-state index is 12.3. The molecule has 2 amide bonds. The van der Waals surface area contributed by atoms with Crippen molar-refractivity contribution < 1.29 is 18.9 Å². The molecule has 0 aromatic carbocycles. The third kappa shape index (κ3) is 4.27. The van der Waals surface area contributed by atoms with Crippen molar-refractivity contribution in [2.45, 2.75) is 0 Å². The van der Waals surface area contributed by atoms with Gasteiger partial charge in [-0.15, -0.1) is 0 Å². The summed E-state index contributed by atoms with van der Waals surface area (Å²) in [5, 5.41) is 17.0. The van der Waals surface area contributed by atoms with Crippen molar-refractivity contribution in [2.24, 2.45) is 0 Å². The Labute approximate surface area is 153 Å². The summed E-state index contributed by atoms with van der Waals surface area (Å²) in [6, 6.07) is 4.26. The Morgan fingerprint density at radius 3 is 2.62 bits per heavy atom. The molecule has 0 atom stereocenters. The van der Waals surface area contributed by atoms with E-state index in [-0.39, 0.29) is 11.7 Å². The van der Waals surface area contributed by atoms with E-state index in [0.29, 0.717) is 26.2 Å². The lowest BCUT2D eigenvalue weighted by Gasteiger charge is -2.34. The van der Waals surface area contributed by atoms with E-state index in [0.717, 1.165) is 24.7 Å². The summed E-state index contributed by atoms with van der Waals surface area (Å²) in [4.78, 5) is 38.0. The second-order valence-electron chi connectivity index (χ2n) is 5.80. The van der Waals surface area contributed by atoms with E-state index in [1.54, 1.807) is 0 Å². The van der Waals surface area contributed by atoms with Gasteiger partial charge in [0.1, 0.15) is 4.92 Å².